The minimum absolute atomic E-state index is 0.439. The highest BCUT2D eigenvalue weighted by molar-refractivity contribution is 7.18. The fourth-order valence-corrected chi connectivity index (χ4v) is 11.8. The first-order valence-corrected chi connectivity index (χ1v) is 21.9. The Labute approximate surface area is 359 Å². The number of hydrogen-bond acceptors (Lipinski definition) is 2. The van der Waals surface area contributed by atoms with E-state index in [1.165, 1.54) is 97.7 Å². The molecule has 2 heteroatoms. The summed E-state index contributed by atoms with van der Waals surface area (Å²) in [5, 5.41) is 7.62. The number of benzene rings is 10. The molecule has 0 radical (unpaired) electrons. The molecule has 0 saturated carbocycles. The standard InChI is InChI=1S/C59H37NS/c1-2-15-38(16-3-1)57-33-34-58(61-57)39-17-14-18-40(35-39)60(41-29-31-47-45-21-5-4-19-43(45)44-20-6-7-22-46(44)52(47)36-41)42-30-32-51-50-25-10-13-28-55(50)59(56(51)37-42)53-26-11-8-23-48(53)49-24-9-12-27-54(49)59/h1-37H. The fourth-order valence-electron chi connectivity index (χ4n) is 10.8. The molecule has 0 bridgehead atoms. The van der Waals surface area contributed by atoms with Crippen molar-refractivity contribution in [2.75, 3.05) is 4.90 Å². The topological polar surface area (TPSA) is 3.24 Å². The summed E-state index contributed by atoms with van der Waals surface area (Å²) in [7, 11) is 0. The van der Waals surface area contributed by atoms with E-state index in [1.54, 1.807) is 0 Å². The lowest BCUT2D eigenvalue weighted by Gasteiger charge is -2.32. The first-order valence-electron chi connectivity index (χ1n) is 21.1. The zero-order valence-corrected chi connectivity index (χ0v) is 34.0. The molecule has 2 aliphatic carbocycles. The summed E-state index contributed by atoms with van der Waals surface area (Å²) in [5.41, 5.74) is 16.0. The highest BCUT2D eigenvalue weighted by Gasteiger charge is 2.51. The zero-order chi connectivity index (χ0) is 40.1. The third-order valence-corrected chi connectivity index (χ3v) is 14.5. The van der Waals surface area contributed by atoms with E-state index < -0.39 is 5.41 Å². The smallest absolute Gasteiger partial charge is 0.0726 e. The van der Waals surface area contributed by atoms with Gasteiger partial charge in [0.25, 0.3) is 0 Å². The lowest BCUT2D eigenvalue weighted by Crippen LogP contribution is -2.26. The van der Waals surface area contributed by atoms with E-state index in [-0.39, 0.29) is 0 Å². The lowest BCUT2D eigenvalue weighted by atomic mass is 9.70. The number of thiophene rings is 1. The maximum atomic E-state index is 2.50. The van der Waals surface area contributed by atoms with Gasteiger partial charge in [0.1, 0.15) is 0 Å². The molecule has 13 rings (SSSR count). The van der Waals surface area contributed by atoms with Gasteiger partial charge in [0.2, 0.25) is 0 Å². The van der Waals surface area contributed by atoms with Crippen molar-refractivity contribution in [2.45, 2.75) is 5.41 Å². The first-order chi connectivity index (χ1) is 30.3. The van der Waals surface area contributed by atoms with Crippen LogP contribution in [0.2, 0.25) is 0 Å². The Morgan fingerprint density at radius 1 is 0.279 bits per heavy atom. The third-order valence-electron chi connectivity index (χ3n) is 13.3. The summed E-state index contributed by atoms with van der Waals surface area (Å²) in [4.78, 5) is 5.01. The molecule has 1 heterocycles. The van der Waals surface area contributed by atoms with Crippen LogP contribution in [0.1, 0.15) is 22.3 Å². The Hall–Kier alpha value is -7.52. The van der Waals surface area contributed by atoms with Gasteiger partial charge in [-0.3, -0.25) is 0 Å². The maximum Gasteiger partial charge on any atom is 0.0726 e. The van der Waals surface area contributed by atoms with Crippen molar-refractivity contribution in [1.29, 1.82) is 0 Å². The van der Waals surface area contributed by atoms with Crippen molar-refractivity contribution >= 4 is 60.7 Å². The van der Waals surface area contributed by atoms with Crippen LogP contribution in [0.15, 0.2) is 224 Å². The first kappa shape index (κ1) is 34.4. The van der Waals surface area contributed by atoms with Gasteiger partial charge in [0.15, 0.2) is 0 Å². The summed E-state index contributed by atoms with van der Waals surface area (Å²) in [6, 6.07) is 83.6. The largest absolute Gasteiger partial charge is 0.310 e. The Morgan fingerprint density at radius 2 is 0.721 bits per heavy atom. The van der Waals surface area contributed by atoms with E-state index in [2.05, 4.69) is 229 Å². The van der Waals surface area contributed by atoms with E-state index in [1.807, 2.05) is 11.3 Å². The Morgan fingerprint density at radius 3 is 1.34 bits per heavy atom. The molecule has 1 aromatic heterocycles. The molecular formula is C59H37NS. The molecule has 1 spiro atoms. The highest BCUT2D eigenvalue weighted by Crippen LogP contribution is 2.63. The molecule has 284 valence electrons. The molecule has 0 atom stereocenters. The van der Waals surface area contributed by atoms with E-state index in [4.69, 9.17) is 0 Å². The van der Waals surface area contributed by atoms with Gasteiger partial charge in [-0.25, -0.2) is 0 Å². The van der Waals surface area contributed by atoms with Crippen LogP contribution in [0.25, 0.3) is 75.5 Å². The van der Waals surface area contributed by atoms with E-state index in [9.17, 15) is 0 Å². The van der Waals surface area contributed by atoms with Gasteiger partial charge in [-0.05, 0) is 136 Å². The van der Waals surface area contributed by atoms with Crippen molar-refractivity contribution in [1.82, 2.24) is 0 Å². The molecule has 0 saturated heterocycles. The summed E-state index contributed by atoms with van der Waals surface area (Å²) >= 11 is 1.85. The van der Waals surface area contributed by atoms with Crippen molar-refractivity contribution in [3.8, 4) is 43.1 Å². The highest BCUT2D eigenvalue weighted by atomic mass is 32.1. The third kappa shape index (κ3) is 4.94. The molecule has 0 amide bonds. The molecule has 0 fully saturated rings. The van der Waals surface area contributed by atoms with Gasteiger partial charge in [-0.15, -0.1) is 11.3 Å². The van der Waals surface area contributed by atoms with Crippen LogP contribution in [0.5, 0.6) is 0 Å². The number of nitrogens with zero attached hydrogens (tertiary/aromatic N) is 1. The number of fused-ring (bicyclic) bond motifs is 16. The number of rotatable bonds is 5. The predicted octanol–water partition coefficient (Wildman–Crippen LogP) is 16.4. The van der Waals surface area contributed by atoms with E-state index in [0.29, 0.717) is 0 Å². The molecule has 11 aromatic rings. The van der Waals surface area contributed by atoms with E-state index in [0.717, 1.165) is 17.1 Å². The van der Waals surface area contributed by atoms with Gasteiger partial charge in [0, 0.05) is 26.8 Å². The molecule has 0 unspecified atom stereocenters. The van der Waals surface area contributed by atoms with Crippen LogP contribution in [0, 0.1) is 0 Å². The van der Waals surface area contributed by atoms with Gasteiger partial charge in [-0.2, -0.15) is 0 Å². The van der Waals surface area contributed by atoms with Crippen molar-refractivity contribution in [3.63, 3.8) is 0 Å². The average Bonchev–Trinajstić information content (AvgIpc) is 4.03. The summed E-state index contributed by atoms with van der Waals surface area (Å²) in [5.74, 6) is 0. The second-order valence-electron chi connectivity index (χ2n) is 16.4. The molecule has 1 nitrogen and oxygen atoms in total. The van der Waals surface area contributed by atoms with Gasteiger partial charge < -0.3 is 4.90 Å². The molecule has 0 N–H and O–H groups in total. The Bertz CT molecular complexity index is 3460. The predicted molar refractivity (Wildman–Crippen MR) is 259 cm³/mol. The normalized spacial score (nSPS) is 13.0. The van der Waals surface area contributed by atoms with Crippen molar-refractivity contribution in [3.05, 3.63) is 247 Å². The minimum atomic E-state index is -0.439. The SMILES string of the molecule is c1ccc(-c2ccc(-c3cccc(N(c4ccc5c(c4)C4(c6ccccc6-c6ccccc64)c4ccccc4-5)c4ccc5c6ccccc6c6ccccc6c5c4)c3)s2)cc1. The molecule has 0 aliphatic heterocycles. The van der Waals surface area contributed by atoms with Gasteiger partial charge in [-0.1, -0.05) is 176 Å². The second kappa shape index (κ2) is 13.2. The average molecular weight is 792 g/mol. The lowest BCUT2D eigenvalue weighted by molar-refractivity contribution is 0.793. The van der Waals surface area contributed by atoms with Gasteiger partial charge >= 0.3 is 0 Å². The van der Waals surface area contributed by atoms with Crippen LogP contribution in [-0.4, -0.2) is 0 Å². The summed E-state index contributed by atoms with van der Waals surface area (Å²) in [6.07, 6.45) is 0. The summed E-state index contributed by atoms with van der Waals surface area (Å²) < 4.78 is 0. The van der Waals surface area contributed by atoms with E-state index >= 15 is 0 Å². The van der Waals surface area contributed by atoms with Crippen molar-refractivity contribution in [2.24, 2.45) is 0 Å². The monoisotopic (exact) mass is 791 g/mol. The second-order valence-corrected chi connectivity index (χ2v) is 17.4. The zero-order valence-electron chi connectivity index (χ0n) is 33.2. The Kier molecular flexibility index (Phi) is 7.46. The van der Waals surface area contributed by atoms with Gasteiger partial charge in [0.05, 0.1) is 5.41 Å². The van der Waals surface area contributed by atoms with Crippen LogP contribution in [0.4, 0.5) is 17.1 Å². The molecule has 10 aromatic carbocycles. The molecular weight excluding hydrogens is 755 g/mol. The number of anilines is 3. The minimum Gasteiger partial charge on any atom is -0.310 e. The summed E-state index contributed by atoms with van der Waals surface area (Å²) in [6.45, 7) is 0. The molecule has 2 aliphatic rings. The maximum absolute atomic E-state index is 2.50. The van der Waals surface area contributed by atoms with Crippen LogP contribution < -0.4 is 4.90 Å². The quantitative estimate of drug-likeness (QED) is 0.157. The number of hydrogen-bond donors (Lipinski definition) is 0. The van der Waals surface area contributed by atoms with Crippen LogP contribution in [-0.2, 0) is 5.41 Å². The fraction of sp³-hybridized carbons (Fsp3) is 0.0169. The van der Waals surface area contributed by atoms with Crippen LogP contribution >= 0.6 is 11.3 Å². The molecule has 61 heavy (non-hydrogen) atoms. The Balaban J connectivity index is 1.06. The van der Waals surface area contributed by atoms with Crippen molar-refractivity contribution < 1.29 is 0 Å². The van der Waals surface area contributed by atoms with Crippen LogP contribution in [0.3, 0.4) is 0 Å².